The van der Waals surface area contributed by atoms with E-state index >= 15 is 0 Å². The zero-order valence-electron chi connectivity index (χ0n) is 13.9. The number of amides is 1. The number of imidazole rings is 1. The number of likely N-dealkylation sites (tertiary alicyclic amines) is 1. The van der Waals surface area contributed by atoms with Crippen molar-refractivity contribution >= 4 is 16.2 Å². The second-order valence-electron chi connectivity index (χ2n) is 5.86. The Hall–Kier alpha value is -1.87. The molecule has 9 heteroatoms. The van der Waals surface area contributed by atoms with E-state index in [2.05, 4.69) is 11.6 Å². The van der Waals surface area contributed by atoms with Crippen LogP contribution < -0.4 is 0 Å². The van der Waals surface area contributed by atoms with Crippen molar-refractivity contribution in [1.29, 1.82) is 0 Å². The van der Waals surface area contributed by atoms with E-state index in [1.54, 1.807) is 12.5 Å². The quantitative estimate of drug-likeness (QED) is 0.536. The topological polar surface area (TPSA) is 90.7 Å². The molecule has 0 N–H and O–H groups in total. The first-order valence-electron chi connectivity index (χ1n) is 7.68. The highest BCUT2D eigenvalue weighted by Gasteiger charge is 2.38. The van der Waals surface area contributed by atoms with Crippen LogP contribution in [0.15, 0.2) is 25.2 Å². The molecule has 1 aliphatic heterocycles. The Labute approximate surface area is 142 Å². The minimum absolute atomic E-state index is 0.112. The predicted octanol–water partition coefficient (Wildman–Crippen LogP) is 1.09. The molecule has 0 aliphatic carbocycles. The van der Waals surface area contributed by atoms with Crippen LogP contribution in [0.5, 0.6) is 0 Å². The van der Waals surface area contributed by atoms with Gasteiger partial charge in [-0.2, -0.15) is 8.42 Å². The van der Waals surface area contributed by atoms with Crippen LogP contribution in [0.1, 0.15) is 18.5 Å². The molecule has 0 unspecified atom stereocenters. The molecule has 8 nitrogen and oxygen atoms in total. The zero-order chi connectivity index (χ0) is 17.7. The predicted molar refractivity (Wildman–Crippen MR) is 87.9 cm³/mol. The number of carbonyl (C=O) groups is 1. The number of rotatable bonds is 7. The van der Waals surface area contributed by atoms with Gasteiger partial charge in [0.1, 0.15) is 6.61 Å². The molecule has 1 fully saturated rings. The fraction of sp³-hybridized carbons (Fsp3) is 0.600. The number of nitrogens with zero attached hydrogens (tertiary/aromatic N) is 3. The SMILES string of the molecule is C=CCOC(=O)N1C[C@H](OS(C)(=O)=O)C[C@H]1CCc1cncn1C. The molecule has 0 bridgehead atoms. The lowest BCUT2D eigenvalue weighted by molar-refractivity contribution is 0.103. The molecule has 1 aromatic heterocycles. The second-order valence-corrected chi connectivity index (χ2v) is 7.47. The fourth-order valence-corrected chi connectivity index (χ4v) is 3.47. The maximum atomic E-state index is 12.2. The molecule has 0 spiro atoms. The fourth-order valence-electron chi connectivity index (χ4n) is 2.84. The van der Waals surface area contributed by atoms with Gasteiger partial charge in [-0.25, -0.2) is 9.78 Å². The summed E-state index contributed by atoms with van der Waals surface area (Å²) in [5, 5.41) is 0. The molecule has 134 valence electrons. The lowest BCUT2D eigenvalue weighted by atomic mass is 10.1. The van der Waals surface area contributed by atoms with Crippen molar-refractivity contribution in [3.8, 4) is 0 Å². The van der Waals surface area contributed by atoms with Gasteiger partial charge < -0.3 is 14.2 Å². The Morgan fingerprint density at radius 3 is 2.88 bits per heavy atom. The van der Waals surface area contributed by atoms with Gasteiger partial charge in [-0.3, -0.25) is 4.18 Å². The minimum Gasteiger partial charge on any atom is -0.445 e. The van der Waals surface area contributed by atoms with Crippen molar-refractivity contribution in [2.45, 2.75) is 31.4 Å². The Morgan fingerprint density at radius 2 is 2.29 bits per heavy atom. The van der Waals surface area contributed by atoms with Crippen molar-refractivity contribution in [3.63, 3.8) is 0 Å². The summed E-state index contributed by atoms with van der Waals surface area (Å²) in [5.74, 6) is 0. The highest BCUT2D eigenvalue weighted by molar-refractivity contribution is 7.86. The molecule has 1 saturated heterocycles. The average molecular weight is 357 g/mol. The van der Waals surface area contributed by atoms with Crippen molar-refractivity contribution < 1.29 is 22.1 Å². The molecule has 1 aliphatic rings. The Bertz CT molecular complexity index is 685. The number of hydrogen-bond donors (Lipinski definition) is 0. The first-order valence-corrected chi connectivity index (χ1v) is 9.49. The maximum absolute atomic E-state index is 12.2. The van der Waals surface area contributed by atoms with E-state index in [-0.39, 0.29) is 19.2 Å². The largest absolute Gasteiger partial charge is 0.445 e. The van der Waals surface area contributed by atoms with Gasteiger partial charge in [0.05, 0.1) is 25.2 Å². The van der Waals surface area contributed by atoms with Gasteiger partial charge in [-0.15, -0.1) is 0 Å². The summed E-state index contributed by atoms with van der Waals surface area (Å²) in [4.78, 5) is 17.8. The summed E-state index contributed by atoms with van der Waals surface area (Å²) in [7, 11) is -1.67. The number of aryl methyl sites for hydroxylation is 2. The summed E-state index contributed by atoms with van der Waals surface area (Å²) >= 11 is 0. The molecule has 0 aromatic carbocycles. The summed E-state index contributed by atoms with van der Waals surface area (Å²) in [5.41, 5.74) is 1.04. The summed E-state index contributed by atoms with van der Waals surface area (Å²) in [6, 6.07) is -0.149. The Morgan fingerprint density at radius 1 is 1.54 bits per heavy atom. The van der Waals surface area contributed by atoms with Crippen LogP contribution in [0.2, 0.25) is 0 Å². The first kappa shape index (κ1) is 18.5. The molecular formula is C15H23N3O5S. The summed E-state index contributed by atoms with van der Waals surface area (Å²) < 4.78 is 34.8. The highest BCUT2D eigenvalue weighted by Crippen LogP contribution is 2.26. The van der Waals surface area contributed by atoms with Crippen LogP contribution in [-0.2, 0) is 32.5 Å². The van der Waals surface area contributed by atoms with E-state index in [4.69, 9.17) is 8.92 Å². The van der Waals surface area contributed by atoms with Crippen molar-refractivity contribution in [1.82, 2.24) is 14.5 Å². The van der Waals surface area contributed by atoms with E-state index in [0.29, 0.717) is 12.8 Å². The average Bonchev–Trinajstić information content (AvgIpc) is 3.07. The van der Waals surface area contributed by atoms with E-state index in [1.807, 2.05) is 11.6 Å². The smallest absolute Gasteiger partial charge is 0.410 e. The molecule has 2 rings (SSSR count). The third kappa shape index (κ3) is 5.07. The molecule has 24 heavy (non-hydrogen) atoms. The van der Waals surface area contributed by atoms with Crippen LogP contribution in [0.4, 0.5) is 4.79 Å². The van der Waals surface area contributed by atoms with E-state index < -0.39 is 22.3 Å². The molecule has 2 heterocycles. The highest BCUT2D eigenvalue weighted by atomic mass is 32.2. The van der Waals surface area contributed by atoms with Crippen molar-refractivity contribution in [2.75, 3.05) is 19.4 Å². The van der Waals surface area contributed by atoms with Crippen LogP contribution in [0.25, 0.3) is 0 Å². The second kappa shape index (κ2) is 7.80. The van der Waals surface area contributed by atoms with Gasteiger partial charge in [0.25, 0.3) is 10.1 Å². The van der Waals surface area contributed by atoms with Crippen LogP contribution >= 0.6 is 0 Å². The van der Waals surface area contributed by atoms with Crippen molar-refractivity contribution in [3.05, 3.63) is 30.9 Å². The van der Waals surface area contributed by atoms with Gasteiger partial charge in [0.2, 0.25) is 0 Å². The van der Waals surface area contributed by atoms with Crippen LogP contribution in [-0.4, -0.2) is 60.5 Å². The summed E-state index contributed by atoms with van der Waals surface area (Å²) in [6.07, 6.45) is 6.81. The molecular weight excluding hydrogens is 334 g/mol. The summed E-state index contributed by atoms with van der Waals surface area (Å²) in [6.45, 7) is 3.82. The molecule has 1 amide bonds. The van der Waals surface area contributed by atoms with Gasteiger partial charge in [0, 0.05) is 25.0 Å². The standard InChI is InChI=1S/C15H23N3O5S/c1-4-7-22-15(19)18-10-14(23-24(3,20)21)8-12(18)5-6-13-9-16-11-17(13)2/h4,9,11-12,14H,1,5-8,10H2,2-3H3/t12-,14-/m1/s1. The van der Waals surface area contributed by atoms with E-state index in [9.17, 15) is 13.2 Å². The third-order valence-corrected chi connectivity index (χ3v) is 4.52. The zero-order valence-corrected chi connectivity index (χ0v) is 14.7. The van der Waals surface area contributed by atoms with Gasteiger partial charge in [-0.1, -0.05) is 12.7 Å². The van der Waals surface area contributed by atoms with Crippen LogP contribution in [0, 0.1) is 0 Å². The van der Waals surface area contributed by atoms with Gasteiger partial charge in [0.15, 0.2) is 0 Å². The lowest BCUT2D eigenvalue weighted by Crippen LogP contribution is -2.37. The normalized spacial score (nSPS) is 21.0. The molecule has 0 radical (unpaired) electrons. The molecule has 1 aromatic rings. The number of ether oxygens (including phenoxy) is 1. The van der Waals surface area contributed by atoms with Gasteiger partial charge in [-0.05, 0) is 19.3 Å². The first-order chi connectivity index (χ1) is 11.3. The van der Waals surface area contributed by atoms with Crippen LogP contribution in [0.3, 0.4) is 0 Å². The minimum atomic E-state index is -3.57. The Kier molecular flexibility index (Phi) is 6.00. The van der Waals surface area contributed by atoms with Gasteiger partial charge >= 0.3 is 6.09 Å². The molecule has 2 atom stereocenters. The maximum Gasteiger partial charge on any atom is 0.410 e. The Balaban J connectivity index is 2.03. The molecule has 0 saturated carbocycles. The number of aromatic nitrogens is 2. The monoisotopic (exact) mass is 357 g/mol. The lowest BCUT2D eigenvalue weighted by Gasteiger charge is -2.23. The van der Waals surface area contributed by atoms with Crippen molar-refractivity contribution in [2.24, 2.45) is 7.05 Å². The van der Waals surface area contributed by atoms with E-state index in [1.165, 1.54) is 11.0 Å². The number of carbonyl (C=O) groups excluding carboxylic acids is 1. The number of hydrogen-bond acceptors (Lipinski definition) is 6. The third-order valence-electron chi connectivity index (χ3n) is 3.90. The van der Waals surface area contributed by atoms with E-state index in [0.717, 1.165) is 18.4 Å².